The zero-order valence-electron chi connectivity index (χ0n) is 9.11. The maximum atomic E-state index is 12.0. The van der Waals surface area contributed by atoms with Gasteiger partial charge >= 0.3 is 0 Å². The molecule has 0 radical (unpaired) electrons. The van der Waals surface area contributed by atoms with Crippen LogP contribution in [0.5, 0.6) is 0 Å². The number of likely N-dealkylation sites (tertiary alicyclic amines) is 1. The van der Waals surface area contributed by atoms with Crippen molar-refractivity contribution >= 4 is 17.5 Å². The summed E-state index contributed by atoms with van der Waals surface area (Å²) >= 11 is 0. The molecule has 0 aromatic carbocycles. The number of hydrazone groups is 1. The molecule has 16 heavy (non-hydrogen) atoms. The van der Waals surface area contributed by atoms with Gasteiger partial charge in [-0.25, -0.2) is 5.43 Å². The van der Waals surface area contributed by atoms with Crippen LogP contribution in [0.15, 0.2) is 5.10 Å². The van der Waals surface area contributed by atoms with Crippen molar-refractivity contribution in [3.63, 3.8) is 0 Å². The number of nitrogens with two attached hydrogens (primary N) is 1. The predicted octanol–water partition coefficient (Wildman–Crippen LogP) is -0.798. The summed E-state index contributed by atoms with van der Waals surface area (Å²) in [5.41, 5.74) is 8.56. The van der Waals surface area contributed by atoms with Crippen LogP contribution < -0.4 is 11.2 Å². The molecule has 2 aliphatic heterocycles. The van der Waals surface area contributed by atoms with Gasteiger partial charge in [0, 0.05) is 32.0 Å². The molecule has 0 atom stereocenters. The summed E-state index contributed by atoms with van der Waals surface area (Å²) in [5.74, 6) is -0.191. The first kappa shape index (κ1) is 11.1. The SMILES string of the molecule is NC1CCN(C(=O)C2=NNC(=O)CC2)CC1. The van der Waals surface area contributed by atoms with E-state index in [1.54, 1.807) is 4.90 Å². The third-order valence-electron chi connectivity index (χ3n) is 2.98. The molecular weight excluding hydrogens is 208 g/mol. The number of hydrogen-bond acceptors (Lipinski definition) is 4. The van der Waals surface area contributed by atoms with Crippen LogP contribution in [0.25, 0.3) is 0 Å². The first-order valence-corrected chi connectivity index (χ1v) is 5.57. The van der Waals surface area contributed by atoms with E-state index in [0.29, 0.717) is 31.6 Å². The number of nitrogens with zero attached hydrogens (tertiary/aromatic N) is 2. The maximum absolute atomic E-state index is 12.0. The lowest BCUT2D eigenvalue weighted by Gasteiger charge is -2.30. The topological polar surface area (TPSA) is 87.8 Å². The minimum Gasteiger partial charge on any atom is -0.337 e. The number of piperidine rings is 1. The number of nitrogens with one attached hydrogen (secondary N) is 1. The van der Waals surface area contributed by atoms with Crippen LogP contribution >= 0.6 is 0 Å². The zero-order valence-corrected chi connectivity index (χ0v) is 9.11. The van der Waals surface area contributed by atoms with Gasteiger partial charge in [-0.1, -0.05) is 0 Å². The summed E-state index contributed by atoms with van der Waals surface area (Å²) in [5, 5.41) is 3.80. The van der Waals surface area contributed by atoms with Crippen molar-refractivity contribution in [3.8, 4) is 0 Å². The van der Waals surface area contributed by atoms with Gasteiger partial charge in [-0.15, -0.1) is 0 Å². The normalized spacial score (nSPS) is 22.7. The van der Waals surface area contributed by atoms with Gasteiger partial charge in [0.05, 0.1) is 0 Å². The lowest BCUT2D eigenvalue weighted by Crippen LogP contribution is -2.46. The summed E-state index contributed by atoms with van der Waals surface area (Å²) < 4.78 is 0. The average Bonchev–Trinajstić information content (AvgIpc) is 2.30. The van der Waals surface area contributed by atoms with E-state index in [1.807, 2.05) is 0 Å². The van der Waals surface area contributed by atoms with E-state index < -0.39 is 0 Å². The molecule has 2 aliphatic rings. The Bertz CT molecular complexity index is 332. The third kappa shape index (κ3) is 2.38. The first-order valence-electron chi connectivity index (χ1n) is 5.57. The van der Waals surface area contributed by atoms with Crippen molar-refractivity contribution in [2.24, 2.45) is 10.8 Å². The van der Waals surface area contributed by atoms with Gasteiger partial charge in [0.15, 0.2) is 0 Å². The van der Waals surface area contributed by atoms with Crippen molar-refractivity contribution in [2.45, 2.75) is 31.7 Å². The Morgan fingerprint density at radius 2 is 2.06 bits per heavy atom. The lowest BCUT2D eigenvalue weighted by atomic mass is 10.0. The van der Waals surface area contributed by atoms with E-state index in [9.17, 15) is 9.59 Å². The second-order valence-corrected chi connectivity index (χ2v) is 4.22. The Morgan fingerprint density at radius 1 is 1.38 bits per heavy atom. The van der Waals surface area contributed by atoms with Gasteiger partial charge in [-0.2, -0.15) is 5.10 Å². The molecule has 0 aliphatic carbocycles. The molecule has 1 fully saturated rings. The molecule has 2 heterocycles. The van der Waals surface area contributed by atoms with Crippen molar-refractivity contribution in [1.82, 2.24) is 10.3 Å². The highest BCUT2D eigenvalue weighted by molar-refractivity contribution is 6.39. The van der Waals surface area contributed by atoms with E-state index in [-0.39, 0.29) is 17.9 Å². The Balaban J connectivity index is 1.95. The standard InChI is InChI=1S/C10H16N4O2/c11-7-3-5-14(6-4-7)10(16)8-1-2-9(15)13-12-8/h7H,1-6,11H2,(H,13,15). The molecule has 0 bridgehead atoms. The smallest absolute Gasteiger partial charge is 0.270 e. The zero-order chi connectivity index (χ0) is 11.5. The van der Waals surface area contributed by atoms with Crippen molar-refractivity contribution < 1.29 is 9.59 Å². The summed E-state index contributed by atoms with van der Waals surface area (Å²) in [6, 6.07) is 0.206. The Hall–Kier alpha value is -1.43. The van der Waals surface area contributed by atoms with Crippen molar-refractivity contribution in [2.75, 3.05) is 13.1 Å². The molecule has 6 nitrogen and oxygen atoms in total. The number of carbonyl (C=O) groups is 2. The second kappa shape index (κ2) is 4.61. The van der Waals surface area contributed by atoms with Crippen LogP contribution in [-0.4, -0.2) is 41.6 Å². The fraction of sp³-hybridized carbons (Fsp3) is 0.700. The molecule has 0 unspecified atom stereocenters. The molecular formula is C10H16N4O2. The molecule has 88 valence electrons. The summed E-state index contributed by atoms with van der Waals surface area (Å²) in [6.07, 6.45) is 2.46. The molecule has 3 N–H and O–H groups in total. The first-order chi connectivity index (χ1) is 7.66. The van der Waals surface area contributed by atoms with Gasteiger partial charge in [0.2, 0.25) is 5.91 Å². The second-order valence-electron chi connectivity index (χ2n) is 4.22. The minimum atomic E-state index is -0.128. The fourth-order valence-corrected chi connectivity index (χ4v) is 1.91. The monoisotopic (exact) mass is 224 g/mol. The molecule has 0 aromatic heterocycles. The molecule has 0 spiro atoms. The highest BCUT2D eigenvalue weighted by Crippen LogP contribution is 2.11. The average molecular weight is 224 g/mol. The van der Waals surface area contributed by atoms with Crippen molar-refractivity contribution in [1.29, 1.82) is 0 Å². The number of rotatable bonds is 1. The van der Waals surface area contributed by atoms with E-state index >= 15 is 0 Å². The Labute approximate surface area is 93.9 Å². The molecule has 0 aromatic rings. The fourth-order valence-electron chi connectivity index (χ4n) is 1.91. The van der Waals surface area contributed by atoms with Crippen LogP contribution in [0.1, 0.15) is 25.7 Å². The van der Waals surface area contributed by atoms with Gasteiger partial charge in [0.1, 0.15) is 5.71 Å². The molecule has 2 amide bonds. The number of amides is 2. The maximum Gasteiger partial charge on any atom is 0.270 e. The van der Waals surface area contributed by atoms with Gasteiger partial charge in [-0.3, -0.25) is 9.59 Å². The van der Waals surface area contributed by atoms with E-state index in [0.717, 1.165) is 12.8 Å². The number of hydrogen-bond donors (Lipinski definition) is 2. The largest absolute Gasteiger partial charge is 0.337 e. The van der Waals surface area contributed by atoms with E-state index in [4.69, 9.17) is 5.73 Å². The third-order valence-corrected chi connectivity index (χ3v) is 2.98. The molecule has 2 rings (SSSR count). The lowest BCUT2D eigenvalue weighted by molar-refractivity contribution is -0.125. The molecule has 1 saturated heterocycles. The van der Waals surface area contributed by atoms with Crippen LogP contribution in [-0.2, 0) is 9.59 Å². The van der Waals surface area contributed by atoms with E-state index in [2.05, 4.69) is 10.5 Å². The van der Waals surface area contributed by atoms with Gasteiger partial charge in [0.25, 0.3) is 5.91 Å². The van der Waals surface area contributed by atoms with E-state index in [1.165, 1.54) is 0 Å². The van der Waals surface area contributed by atoms with Crippen molar-refractivity contribution in [3.05, 3.63) is 0 Å². The van der Waals surface area contributed by atoms with Crippen LogP contribution in [0.2, 0.25) is 0 Å². The van der Waals surface area contributed by atoms with Crippen LogP contribution in [0.4, 0.5) is 0 Å². The summed E-state index contributed by atoms with van der Waals surface area (Å²) in [4.78, 5) is 24.6. The van der Waals surface area contributed by atoms with Gasteiger partial charge < -0.3 is 10.6 Å². The molecule has 0 saturated carbocycles. The summed E-state index contributed by atoms with van der Waals surface area (Å²) in [6.45, 7) is 1.37. The minimum absolute atomic E-state index is 0.0631. The highest BCUT2D eigenvalue weighted by atomic mass is 16.2. The van der Waals surface area contributed by atoms with Gasteiger partial charge in [-0.05, 0) is 12.8 Å². The summed E-state index contributed by atoms with van der Waals surface area (Å²) in [7, 11) is 0. The molecule has 6 heteroatoms. The van der Waals surface area contributed by atoms with Crippen LogP contribution in [0.3, 0.4) is 0 Å². The quantitative estimate of drug-likeness (QED) is 0.611. The van der Waals surface area contributed by atoms with Crippen LogP contribution in [0, 0.1) is 0 Å². The Kier molecular flexibility index (Phi) is 3.19. The predicted molar refractivity (Wildman–Crippen MR) is 58.6 cm³/mol. The number of carbonyl (C=O) groups excluding carboxylic acids is 2. The Morgan fingerprint density at radius 3 is 2.62 bits per heavy atom. The highest BCUT2D eigenvalue weighted by Gasteiger charge is 2.26.